The van der Waals surface area contributed by atoms with Crippen LogP contribution in [0.25, 0.3) is 0 Å². The molecule has 1 fully saturated rings. The summed E-state index contributed by atoms with van der Waals surface area (Å²) in [4.78, 5) is 13.2. The van der Waals surface area contributed by atoms with E-state index in [-0.39, 0.29) is 29.8 Å². The van der Waals surface area contributed by atoms with Crippen LogP contribution in [0.4, 0.5) is 5.69 Å². The Morgan fingerprint density at radius 3 is 2.25 bits per heavy atom. The molecule has 1 aliphatic rings. The summed E-state index contributed by atoms with van der Waals surface area (Å²) in [6.45, 7) is 0.440. The number of halogens is 1. The fourth-order valence-electron chi connectivity index (χ4n) is 4.02. The van der Waals surface area contributed by atoms with Crippen LogP contribution < -0.4 is 19.5 Å². The van der Waals surface area contributed by atoms with Gasteiger partial charge in [-0.3, -0.25) is 4.79 Å². The van der Waals surface area contributed by atoms with Crippen LogP contribution in [0.15, 0.2) is 71.6 Å². The van der Waals surface area contributed by atoms with E-state index in [1.54, 1.807) is 24.3 Å². The summed E-state index contributed by atoms with van der Waals surface area (Å²) in [5, 5.41) is 3.37. The predicted molar refractivity (Wildman–Crippen MR) is 138 cm³/mol. The van der Waals surface area contributed by atoms with Crippen LogP contribution in [-0.2, 0) is 14.8 Å². The van der Waals surface area contributed by atoms with Gasteiger partial charge >= 0.3 is 0 Å². The average molecular weight is 531 g/mol. The molecule has 1 aliphatic heterocycles. The molecule has 1 heterocycles. The zero-order valence-electron chi connectivity index (χ0n) is 19.9. The Bertz CT molecular complexity index is 1330. The van der Waals surface area contributed by atoms with Crippen molar-refractivity contribution in [3.63, 3.8) is 0 Å². The summed E-state index contributed by atoms with van der Waals surface area (Å²) < 4.78 is 44.1. The molecule has 1 saturated heterocycles. The van der Waals surface area contributed by atoms with Gasteiger partial charge in [-0.25, -0.2) is 8.42 Å². The van der Waals surface area contributed by atoms with Crippen molar-refractivity contribution in [1.82, 2.24) is 4.31 Å². The highest BCUT2D eigenvalue weighted by molar-refractivity contribution is 7.89. The number of hydrogen-bond donors (Lipinski definition) is 1. The number of piperidine rings is 1. The fraction of sp³-hybridized carbons (Fsp3) is 0.269. The number of carbonyl (C=O) groups is 1. The van der Waals surface area contributed by atoms with Gasteiger partial charge in [-0.15, -0.1) is 0 Å². The second-order valence-corrected chi connectivity index (χ2v) is 10.6. The van der Waals surface area contributed by atoms with Crippen LogP contribution >= 0.6 is 11.6 Å². The number of rotatable bonds is 8. The van der Waals surface area contributed by atoms with Gasteiger partial charge in [0, 0.05) is 30.1 Å². The number of methoxy groups -OCH3 is 2. The Morgan fingerprint density at radius 2 is 1.58 bits per heavy atom. The predicted octanol–water partition coefficient (Wildman–Crippen LogP) is 5.19. The molecule has 1 N–H and O–H groups in total. The second kappa shape index (κ2) is 11.2. The highest BCUT2D eigenvalue weighted by Crippen LogP contribution is 2.34. The minimum absolute atomic E-state index is 0.115. The Morgan fingerprint density at radius 1 is 0.917 bits per heavy atom. The summed E-state index contributed by atoms with van der Waals surface area (Å²) in [6.07, 6.45) is 0.765. The molecule has 3 aromatic carbocycles. The lowest BCUT2D eigenvalue weighted by Crippen LogP contribution is -2.41. The first-order valence-corrected chi connectivity index (χ1v) is 13.2. The quantitative estimate of drug-likeness (QED) is 0.431. The molecule has 1 amide bonds. The van der Waals surface area contributed by atoms with Crippen molar-refractivity contribution in [3.8, 4) is 23.0 Å². The third-order valence-corrected chi connectivity index (χ3v) is 8.12. The number of sulfonamides is 1. The van der Waals surface area contributed by atoms with Crippen molar-refractivity contribution < 1.29 is 27.4 Å². The SMILES string of the molecule is COc1ccc(S(=O)(=O)N2CCC(C(=O)Nc3cc(Cl)ccc3Oc3ccccc3)CC2)cc1OC. The number of anilines is 1. The summed E-state index contributed by atoms with van der Waals surface area (Å²) in [6, 6.07) is 18.7. The Balaban J connectivity index is 1.42. The first-order chi connectivity index (χ1) is 17.3. The van der Waals surface area contributed by atoms with Gasteiger partial charge in [0.05, 0.1) is 24.8 Å². The monoisotopic (exact) mass is 530 g/mol. The number of nitrogens with one attached hydrogen (secondary N) is 1. The van der Waals surface area contributed by atoms with E-state index in [0.717, 1.165) is 0 Å². The zero-order chi connectivity index (χ0) is 25.7. The zero-order valence-corrected chi connectivity index (χ0v) is 21.5. The molecule has 0 spiro atoms. The third kappa shape index (κ3) is 5.75. The van der Waals surface area contributed by atoms with Gasteiger partial charge in [0.1, 0.15) is 5.75 Å². The first-order valence-electron chi connectivity index (χ1n) is 11.4. The number of para-hydroxylation sites is 1. The van der Waals surface area contributed by atoms with E-state index < -0.39 is 10.0 Å². The van der Waals surface area contributed by atoms with E-state index in [2.05, 4.69) is 5.32 Å². The standard InChI is InChI=1S/C26H27ClN2O6S/c1-33-24-11-9-21(17-25(24)34-2)36(31,32)29-14-12-18(13-15-29)26(30)28-22-16-19(27)8-10-23(22)35-20-6-4-3-5-7-20/h3-11,16-18H,12-15H2,1-2H3,(H,28,30). The van der Waals surface area contributed by atoms with Gasteiger partial charge in [-0.05, 0) is 55.3 Å². The maximum atomic E-state index is 13.2. The fourth-order valence-corrected chi connectivity index (χ4v) is 5.68. The molecule has 0 saturated carbocycles. The maximum Gasteiger partial charge on any atom is 0.243 e. The molecule has 0 atom stereocenters. The number of hydrogen-bond acceptors (Lipinski definition) is 6. The van der Waals surface area contributed by atoms with E-state index in [4.69, 9.17) is 25.8 Å². The second-order valence-electron chi connectivity index (χ2n) is 8.24. The largest absolute Gasteiger partial charge is 0.493 e. The Labute approximate surface area is 215 Å². The highest BCUT2D eigenvalue weighted by atomic mass is 35.5. The van der Waals surface area contributed by atoms with Crippen molar-refractivity contribution in [2.75, 3.05) is 32.6 Å². The summed E-state index contributed by atoms with van der Waals surface area (Å²) in [7, 11) is -0.805. The Hall–Kier alpha value is -3.27. The number of amides is 1. The third-order valence-electron chi connectivity index (χ3n) is 5.99. The van der Waals surface area contributed by atoms with E-state index in [9.17, 15) is 13.2 Å². The number of benzene rings is 3. The lowest BCUT2D eigenvalue weighted by atomic mass is 9.97. The van der Waals surface area contributed by atoms with Gasteiger partial charge in [0.15, 0.2) is 17.2 Å². The van der Waals surface area contributed by atoms with Crippen LogP contribution in [0.3, 0.4) is 0 Å². The minimum Gasteiger partial charge on any atom is -0.493 e. The number of carbonyl (C=O) groups excluding carboxylic acids is 1. The minimum atomic E-state index is -3.75. The lowest BCUT2D eigenvalue weighted by molar-refractivity contribution is -0.120. The van der Waals surface area contributed by atoms with E-state index >= 15 is 0 Å². The van der Waals surface area contributed by atoms with Crippen molar-refractivity contribution in [1.29, 1.82) is 0 Å². The normalized spacial score (nSPS) is 14.8. The topological polar surface area (TPSA) is 94.2 Å². The first kappa shape index (κ1) is 25.8. The molecule has 4 rings (SSSR count). The molecular weight excluding hydrogens is 504 g/mol. The van der Waals surface area contributed by atoms with E-state index in [0.29, 0.717) is 46.5 Å². The van der Waals surface area contributed by atoms with Gasteiger partial charge in [0.25, 0.3) is 0 Å². The average Bonchev–Trinajstić information content (AvgIpc) is 2.90. The summed E-state index contributed by atoms with van der Waals surface area (Å²) in [5.41, 5.74) is 0.455. The smallest absolute Gasteiger partial charge is 0.243 e. The van der Waals surface area contributed by atoms with Crippen LogP contribution in [-0.4, -0.2) is 45.9 Å². The van der Waals surface area contributed by atoms with Crippen molar-refractivity contribution in [3.05, 3.63) is 71.8 Å². The van der Waals surface area contributed by atoms with Crippen LogP contribution in [0.2, 0.25) is 5.02 Å². The molecule has 10 heteroatoms. The van der Waals surface area contributed by atoms with Gasteiger partial charge < -0.3 is 19.5 Å². The molecular formula is C26H27ClN2O6S. The molecule has 0 aliphatic carbocycles. The molecule has 0 unspecified atom stereocenters. The molecule has 0 aromatic heterocycles. The van der Waals surface area contributed by atoms with E-state index in [1.165, 1.54) is 30.7 Å². The van der Waals surface area contributed by atoms with Crippen LogP contribution in [0.1, 0.15) is 12.8 Å². The van der Waals surface area contributed by atoms with Gasteiger partial charge in [-0.1, -0.05) is 29.8 Å². The summed E-state index contributed by atoms with van der Waals surface area (Å²) >= 11 is 6.16. The number of nitrogens with zero attached hydrogens (tertiary/aromatic N) is 1. The maximum absolute atomic E-state index is 13.2. The molecule has 8 nitrogen and oxygen atoms in total. The lowest BCUT2D eigenvalue weighted by Gasteiger charge is -2.30. The van der Waals surface area contributed by atoms with Crippen LogP contribution in [0, 0.1) is 5.92 Å². The highest BCUT2D eigenvalue weighted by Gasteiger charge is 2.33. The van der Waals surface area contributed by atoms with Crippen molar-refractivity contribution in [2.24, 2.45) is 5.92 Å². The van der Waals surface area contributed by atoms with E-state index in [1.807, 2.05) is 30.3 Å². The number of ether oxygens (including phenoxy) is 3. The Kier molecular flexibility index (Phi) is 8.03. The summed E-state index contributed by atoms with van der Waals surface area (Å²) in [5.74, 6) is 1.31. The molecule has 0 radical (unpaired) electrons. The van der Waals surface area contributed by atoms with Crippen molar-refractivity contribution >= 4 is 33.2 Å². The van der Waals surface area contributed by atoms with Gasteiger partial charge in [0.2, 0.25) is 15.9 Å². The van der Waals surface area contributed by atoms with Crippen molar-refractivity contribution in [2.45, 2.75) is 17.7 Å². The molecule has 36 heavy (non-hydrogen) atoms. The molecule has 3 aromatic rings. The van der Waals surface area contributed by atoms with Crippen LogP contribution in [0.5, 0.6) is 23.0 Å². The molecule has 0 bridgehead atoms. The van der Waals surface area contributed by atoms with Gasteiger partial charge in [-0.2, -0.15) is 4.31 Å². The molecule has 190 valence electrons.